The quantitative estimate of drug-likeness (QED) is 0.696. The molecule has 128 valence electrons. The fraction of sp³-hybridized carbons (Fsp3) is 0.294. The number of nitrogens with one attached hydrogen (secondary N) is 2. The summed E-state index contributed by atoms with van der Waals surface area (Å²) in [5.74, 6) is 1.54. The first-order valence-electron chi connectivity index (χ1n) is 7.56. The molecule has 3 N–H and O–H groups in total. The van der Waals surface area contributed by atoms with Crippen molar-refractivity contribution in [2.45, 2.75) is 26.4 Å². The zero-order valence-electron chi connectivity index (χ0n) is 13.6. The molecule has 6 nitrogen and oxygen atoms in total. The molecule has 0 bridgehead atoms. The fourth-order valence-corrected chi connectivity index (χ4v) is 2.39. The van der Waals surface area contributed by atoms with Gasteiger partial charge in [-0.15, -0.1) is 0 Å². The molecule has 0 radical (unpaired) electrons. The van der Waals surface area contributed by atoms with E-state index in [1.807, 2.05) is 13.0 Å². The van der Waals surface area contributed by atoms with Crippen LogP contribution in [0.1, 0.15) is 25.5 Å². The number of hydrogen-bond donors (Lipinski definition) is 3. The number of aliphatic hydroxyl groups is 1. The van der Waals surface area contributed by atoms with Crippen LogP contribution in [0, 0.1) is 0 Å². The third-order valence-electron chi connectivity index (χ3n) is 3.27. The van der Waals surface area contributed by atoms with Crippen molar-refractivity contribution >= 4 is 28.9 Å². The number of methoxy groups -OCH3 is 1. The van der Waals surface area contributed by atoms with Crippen molar-refractivity contribution in [3.05, 3.63) is 36.1 Å². The number of amides is 1. The summed E-state index contributed by atoms with van der Waals surface area (Å²) in [6.45, 7) is 1.77. The Hall–Kier alpha value is -2.38. The van der Waals surface area contributed by atoms with E-state index in [2.05, 4.69) is 10.6 Å². The van der Waals surface area contributed by atoms with Gasteiger partial charge < -0.3 is 24.9 Å². The van der Waals surface area contributed by atoms with Gasteiger partial charge in [0.15, 0.2) is 5.11 Å². The van der Waals surface area contributed by atoms with E-state index in [0.717, 1.165) is 12.0 Å². The van der Waals surface area contributed by atoms with Crippen LogP contribution in [0.2, 0.25) is 0 Å². The Morgan fingerprint density at radius 3 is 2.75 bits per heavy atom. The summed E-state index contributed by atoms with van der Waals surface area (Å²) >= 11 is 5.12. The summed E-state index contributed by atoms with van der Waals surface area (Å²) in [7, 11) is 1.56. The second kappa shape index (κ2) is 8.47. The molecule has 0 fully saturated rings. The molecule has 1 aromatic heterocycles. The molecule has 0 aliphatic carbocycles. The maximum absolute atomic E-state index is 11.5. The van der Waals surface area contributed by atoms with E-state index < -0.39 is 0 Å². The smallest absolute Gasteiger partial charge is 0.226 e. The van der Waals surface area contributed by atoms with Gasteiger partial charge in [0.05, 0.1) is 12.7 Å². The first-order valence-corrected chi connectivity index (χ1v) is 7.97. The van der Waals surface area contributed by atoms with E-state index >= 15 is 0 Å². The summed E-state index contributed by atoms with van der Waals surface area (Å²) in [6.07, 6.45) is 1.19. The van der Waals surface area contributed by atoms with Crippen LogP contribution in [0.3, 0.4) is 0 Å². The molecule has 24 heavy (non-hydrogen) atoms. The Balaban J connectivity index is 2.13. The lowest BCUT2D eigenvalue weighted by atomic mass is 10.1. The second-order valence-corrected chi connectivity index (χ2v) is 5.50. The molecular formula is C17H20N2O4S. The van der Waals surface area contributed by atoms with E-state index in [1.165, 1.54) is 0 Å². The third-order valence-corrected chi connectivity index (χ3v) is 3.48. The van der Waals surface area contributed by atoms with Crippen LogP contribution in [0.4, 0.5) is 5.69 Å². The molecule has 0 aliphatic rings. The molecule has 7 heteroatoms. The number of furan rings is 1. The van der Waals surface area contributed by atoms with Crippen LogP contribution in [0.15, 0.2) is 34.7 Å². The van der Waals surface area contributed by atoms with Gasteiger partial charge in [0.2, 0.25) is 5.91 Å². The Labute approximate surface area is 145 Å². The zero-order chi connectivity index (χ0) is 17.5. The molecule has 1 heterocycles. The van der Waals surface area contributed by atoms with Gasteiger partial charge in [0.25, 0.3) is 0 Å². The molecule has 0 aliphatic heterocycles. The van der Waals surface area contributed by atoms with Crippen LogP contribution in [0.25, 0.3) is 11.3 Å². The lowest BCUT2D eigenvalue weighted by Gasteiger charge is -2.12. The molecule has 0 saturated heterocycles. The van der Waals surface area contributed by atoms with Gasteiger partial charge in [0, 0.05) is 18.2 Å². The van der Waals surface area contributed by atoms with Crippen molar-refractivity contribution < 1.29 is 19.1 Å². The predicted octanol–water partition coefficient (Wildman–Crippen LogP) is 3.06. The molecule has 0 atom stereocenters. The lowest BCUT2D eigenvalue weighted by molar-refractivity contribution is -0.119. The first kappa shape index (κ1) is 18.0. The van der Waals surface area contributed by atoms with E-state index in [9.17, 15) is 4.79 Å². The van der Waals surface area contributed by atoms with E-state index in [0.29, 0.717) is 29.4 Å². The number of carbonyl (C=O) groups excluding carboxylic acids is 1. The van der Waals surface area contributed by atoms with Gasteiger partial charge in [-0.1, -0.05) is 6.92 Å². The van der Waals surface area contributed by atoms with Crippen LogP contribution in [0.5, 0.6) is 5.75 Å². The molecule has 1 amide bonds. The Kier molecular flexibility index (Phi) is 6.34. The predicted molar refractivity (Wildman–Crippen MR) is 95.9 cm³/mol. The Morgan fingerprint density at radius 2 is 2.12 bits per heavy atom. The summed E-state index contributed by atoms with van der Waals surface area (Å²) in [5.41, 5.74) is 1.44. The normalized spacial score (nSPS) is 10.3. The highest BCUT2D eigenvalue weighted by Crippen LogP contribution is 2.33. The number of rotatable bonds is 6. The van der Waals surface area contributed by atoms with Gasteiger partial charge >= 0.3 is 0 Å². The van der Waals surface area contributed by atoms with Crippen molar-refractivity contribution in [1.82, 2.24) is 5.32 Å². The summed E-state index contributed by atoms with van der Waals surface area (Å²) in [6, 6.07) is 8.86. The van der Waals surface area contributed by atoms with Gasteiger partial charge in [-0.25, -0.2) is 0 Å². The summed E-state index contributed by atoms with van der Waals surface area (Å²) < 4.78 is 10.9. The average Bonchev–Trinajstić information content (AvgIpc) is 3.03. The molecule has 0 spiro atoms. The highest BCUT2D eigenvalue weighted by Gasteiger charge is 2.12. The maximum atomic E-state index is 11.5. The number of carbonyl (C=O) groups is 1. The SMILES string of the molecule is CCCC(=O)NC(=S)Nc1ccc(-c2ccc(CO)o2)c(OC)c1. The number of hydrogen-bond acceptors (Lipinski definition) is 5. The number of aliphatic hydroxyl groups excluding tert-OH is 1. The van der Waals surface area contributed by atoms with E-state index in [1.54, 1.807) is 31.4 Å². The van der Waals surface area contributed by atoms with Gasteiger partial charge in [-0.2, -0.15) is 0 Å². The molecule has 2 aromatic rings. The fourth-order valence-electron chi connectivity index (χ4n) is 2.16. The second-order valence-electron chi connectivity index (χ2n) is 5.09. The summed E-state index contributed by atoms with van der Waals surface area (Å²) in [4.78, 5) is 11.5. The minimum Gasteiger partial charge on any atom is -0.496 e. The topological polar surface area (TPSA) is 83.7 Å². The number of anilines is 1. The zero-order valence-corrected chi connectivity index (χ0v) is 14.4. The van der Waals surface area contributed by atoms with Gasteiger partial charge in [0.1, 0.15) is 23.9 Å². The van der Waals surface area contributed by atoms with Crippen molar-refractivity contribution in [3.63, 3.8) is 0 Å². The van der Waals surface area contributed by atoms with Crippen molar-refractivity contribution in [1.29, 1.82) is 0 Å². The van der Waals surface area contributed by atoms with Crippen molar-refractivity contribution in [3.8, 4) is 17.1 Å². The van der Waals surface area contributed by atoms with Crippen molar-refractivity contribution in [2.75, 3.05) is 12.4 Å². The van der Waals surface area contributed by atoms with Crippen LogP contribution in [-0.2, 0) is 11.4 Å². The molecular weight excluding hydrogens is 328 g/mol. The monoisotopic (exact) mass is 348 g/mol. The lowest BCUT2D eigenvalue weighted by Crippen LogP contribution is -2.33. The first-order chi connectivity index (χ1) is 11.6. The number of ether oxygens (including phenoxy) is 1. The highest BCUT2D eigenvalue weighted by atomic mass is 32.1. The Bertz CT molecular complexity index is 727. The average molecular weight is 348 g/mol. The number of benzene rings is 1. The Morgan fingerprint density at radius 1 is 1.33 bits per heavy atom. The van der Waals surface area contributed by atoms with Gasteiger partial charge in [-0.3, -0.25) is 4.79 Å². The molecule has 0 saturated carbocycles. The summed E-state index contributed by atoms with van der Waals surface area (Å²) in [5, 5.41) is 14.9. The van der Waals surface area contributed by atoms with Gasteiger partial charge in [-0.05, 0) is 42.9 Å². The van der Waals surface area contributed by atoms with Crippen LogP contribution in [-0.4, -0.2) is 23.2 Å². The largest absolute Gasteiger partial charge is 0.496 e. The molecule has 0 unspecified atom stereocenters. The maximum Gasteiger partial charge on any atom is 0.226 e. The minimum absolute atomic E-state index is 0.120. The number of thiocarbonyl (C=S) groups is 1. The van der Waals surface area contributed by atoms with Crippen molar-refractivity contribution in [2.24, 2.45) is 0 Å². The van der Waals surface area contributed by atoms with Crippen LogP contribution < -0.4 is 15.4 Å². The highest BCUT2D eigenvalue weighted by molar-refractivity contribution is 7.80. The standard InChI is InChI=1S/C17H20N2O4S/c1-3-4-16(21)19-17(24)18-11-5-7-13(15(9-11)22-2)14-8-6-12(10-20)23-14/h5-9,20H,3-4,10H2,1-2H3,(H2,18,19,21,24). The van der Waals surface area contributed by atoms with E-state index in [-0.39, 0.29) is 17.6 Å². The molecule has 2 rings (SSSR count). The van der Waals surface area contributed by atoms with Crippen LogP contribution >= 0.6 is 12.2 Å². The minimum atomic E-state index is -0.159. The van der Waals surface area contributed by atoms with E-state index in [4.69, 9.17) is 26.5 Å². The molecule has 1 aromatic carbocycles. The third kappa shape index (κ3) is 4.56.